The molecule has 2 atom stereocenters. The number of allylic oxidation sites excluding steroid dienone is 2. The number of aromatic nitrogens is 2. The molecular formula is C22H31N5O3. The van der Waals surface area contributed by atoms with Gasteiger partial charge < -0.3 is 20.6 Å². The molecular weight excluding hydrogens is 382 g/mol. The van der Waals surface area contributed by atoms with Crippen molar-refractivity contribution in [2.45, 2.75) is 51.6 Å². The maximum Gasteiger partial charge on any atom is 0.311 e. The Bertz CT molecular complexity index is 858. The number of carboxylic acids is 1. The predicted molar refractivity (Wildman–Crippen MR) is 116 cm³/mol. The third kappa shape index (κ3) is 4.63. The van der Waals surface area contributed by atoms with Crippen LogP contribution < -0.4 is 15.5 Å². The molecule has 1 amide bonds. The van der Waals surface area contributed by atoms with Gasteiger partial charge in [0.15, 0.2) is 0 Å². The van der Waals surface area contributed by atoms with Crippen molar-refractivity contribution in [3.63, 3.8) is 0 Å². The van der Waals surface area contributed by atoms with Crippen LogP contribution in [0.5, 0.6) is 0 Å². The van der Waals surface area contributed by atoms with Gasteiger partial charge in [-0.15, -0.1) is 0 Å². The first kappa shape index (κ1) is 21.8. The summed E-state index contributed by atoms with van der Waals surface area (Å²) in [6.45, 7) is 3.67. The van der Waals surface area contributed by atoms with Gasteiger partial charge >= 0.3 is 5.97 Å². The number of aliphatic carboxylic acids is 1. The Balaban J connectivity index is 1.55. The normalized spacial score (nSPS) is 28.1. The third-order valence-electron chi connectivity index (χ3n) is 6.02. The van der Waals surface area contributed by atoms with Crippen molar-refractivity contribution in [1.29, 1.82) is 0 Å². The van der Waals surface area contributed by atoms with Crippen LogP contribution in [0.15, 0.2) is 30.5 Å². The zero-order chi connectivity index (χ0) is 21.9. The van der Waals surface area contributed by atoms with Gasteiger partial charge in [0, 0.05) is 37.9 Å². The number of anilines is 2. The summed E-state index contributed by atoms with van der Waals surface area (Å²) in [5, 5.41) is 16.0. The van der Waals surface area contributed by atoms with E-state index >= 15 is 0 Å². The van der Waals surface area contributed by atoms with Gasteiger partial charge in [-0.05, 0) is 39.5 Å². The second-order valence-electron chi connectivity index (χ2n) is 8.60. The molecule has 2 unspecified atom stereocenters. The van der Waals surface area contributed by atoms with Gasteiger partial charge in [-0.2, -0.15) is 4.98 Å². The Labute approximate surface area is 177 Å². The molecule has 162 valence electrons. The molecule has 0 spiro atoms. The van der Waals surface area contributed by atoms with Crippen LogP contribution in [0, 0.1) is 18.3 Å². The van der Waals surface area contributed by atoms with Gasteiger partial charge in [-0.1, -0.05) is 24.3 Å². The number of hydrogen-bond acceptors (Lipinski definition) is 6. The van der Waals surface area contributed by atoms with E-state index in [1.807, 2.05) is 32.1 Å². The minimum Gasteiger partial charge on any atom is -0.481 e. The summed E-state index contributed by atoms with van der Waals surface area (Å²) < 4.78 is 0. The molecule has 3 N–H and O–H groups in total. The van der Waals surface area contributed by atoms with E-state index in [4.69, 9.17) is 0 Å². The number of amides is 1. The summed E-state index contributed by atoms with van der Waals surface area (Å²) in [5.74, 6) is -0.567. The number of rotatable bonds is 6. The lowest BCUT2D eigenvalue weighted by atomic mass is 9.73. The first-order valence-corrected chi connectivity index (χ1v) is 10.4. The van der Waals surface area contributed by atoms with E-state index in [9.17, 15) is 14.7 Å². The second kappa shape index (κ2) is 8.85. The summed E-state index contributed by atoms with van der Waals surface area (Å²) in [4.78, 5) is 35.4. The van der Waals surface area contributed by atoms with Crippen LogP contribution in [0.25, 0.3) is 0 Å². The predicted octanol–water partition coefficient (Wildman–Crippen LogP) is 2.52. The van der Waals surface area contributed by atoms with Crippen molar-refractivity contribution in [2.24, 2.45) is 11.3 Å². The average Bonchev–Trinajstić information content (AvgIpc) is 2.70. The molecule has 2 aliphatic carbocycles. The Hall–Kier alpha value is -2.90. The van der Waals surface area contributed by atoms with Gasteiger partial charge in [0.1, 0.15) is 5.82 Å². The molecule has 0 aromatic carbocycles. The third-order valence-corrected chi connectivity index (χ3v) is 6.02. The summed E-state index contributed by atoms with van der Waals surface area (Å²) >= 11 is 0. The number of carboxylic acid groups (broad SMARTS) is 1. The van der Waals surface area contributed by atoms with E-state index in [-0.39, 0.29) is 18.0 Å². The molecule has 0 bridgehead atoms. The molecule has 0 radical (unpaired) electrons. The van der Waals surface area contributed by atoms with Crippen LogP contribution in [0.2, 0.25) is 0 Å². The van der Waals surface area contributed by atoms with Crippen LogP contribution in [-0.2, 0) is 9.59 Å². The Morgan fingerprint density at radius 2 is 1.83 bits per heavy atom. The molecule has 1 heterocycles. The lowest BCUT2D eigenvalue weighted by molar-refractivity contribution is -0.148. The van der Waals surface area contributed by atoms with E-state index in [0.717, 1.165) is 37.1 Å². The van der Waals surface area contributed by atoms with Gasteiger partial charge in [-0.3, -0.25) is 9.59 Å². The number of nitrogens with one attached hydrogen (secondary N) is 2. The van der Waals surface area contributed by atoms with E-state index in [1.54, 1.807) is 31.2 Å². The van der Waals surface area contributed by atoms with Crippen LogP contribution in [0.1, 0.15) is 38.2 Å². The summed E-state index contributed by atoms with van der Waals surface area (Å²) in [7, 11) is 3.92. The first-order valence-electron chi connectivity index (χ1n) is 10.4. The average molecular weight is 414 g/mol. The molecule has 1 aromatic rings. The van der Waals surface area contributed by atoms with Gasteiger partial charge in [0.25, 0.3) is 0 Å². The highest BCUT2D eigenvalue weighted by atomic mass is 16.4. The Kier molecular flexibility index (Phi) is 6.43. The molecule has 3 rings (SSSR count). The Morgan fingerprint density at radius 1 is 1.17 bits per heavy atom. The first-order chi connectivity index (χ1) is 14.2. The maximum atomic E-state index is 12.9. The Morgan fingerprint density at radius 3 is 2.47 bits per heavy atom. The van der Waals surface area contributed by atoms with Crippen molar-refractivity contribution < 1.29 is 14.7 Å². The van der Waals surface area contributed by atoms with E-state index in [0.29, 0.717) is 5.95 Å². The minimum absolute atomic E-state index is 0.0393. The molecule has 8 nitrogen and oxygen atoms in total. The van der Waals surface area contributed by atoms with E-state index < -0.39 is 17.3 Å². The standard InChI is InChI=1S/C22H31N5O3/c1-14-13-23-21(26-18(14)27(3)4)25-16-10-8-15(9-11-16)24-20(30)22(2)12-6-5-7-17(22)19(28)29/h5-7,12-13,15-17H,8-11H2,1-4H3,(H,24,30)(H,28,29)(H,23,25,26)/t15-,16+,17?,22?. The number of hydrogen-bond donors (Lipinski definition) is 3. The lowest BCUT2D eigenvalue weighted by Crippen LogP contribution is -2.50. The molecule has 2 aliphatic rings. The fourth-order valence-corrected chi connectivity index (χ4v) is 4.15. The number of carbonyl (C=O) groups excluding carboxylic acids is 1. The molecule has 1 saturated carbocycles. The zero-order valence-corrected chi connectivity index (χ0v) is 18.1. The van der Waals surface area contributed by atoms with Crippen LogP contribution in [-0.4, -0.2) is 53.1 Å². The van der Waals surface area contributed by atoms with Crippen molar-refractivity contribution in [3.05, 3.63) is 36.1 Å². The van der Waals surface area contributed by atoms with E-state index in [2.05, 4.69) is 20.6 Å². The molecule has 8 heteroatoms. The number of aryl methyl sites for hydroxylation is 1. The molecule has 1 aromatic heterocycles. The lowest BCUT2D eigenvalue weighted by Gasteiger charge is -2.35. The smallest absolute Gasteiger partial charge is 0.311 e. The highest BCUT2D eigenvalue weighted by Gasteiger charge is 2.43. The van der Waals surface area contributed by atoms with Gasteiger partial charge in [-0.25, -0.2) is 4.98 Å². The topological polar surface area (TPSA) is 107 Å². The van der Waals surface area contributed by atoms with Crippen molar-refractivity contribution in [2.75, 3.05) is 24.3 Å². The summed E-state index contributed by atoms with van der Waals surface area (Å²) in [6, 6.07) is 0.285. The molecule has 1 fully saturated rings. The van der Waals surface area contributed by atoms with Gasteiger partial charge in [0.05, 0.1) is 11.3 Å². The second-order valence-corrected chi connectivity index (χ2v) is 8.60. The molecule has 0 aliphatic heterocycles. The van der Waals surface area contributed by atoms with Crippen LogP contribution in [0.4, 0.5) is 11.8 Å². The number of nitrogens with zero attached hydrogens (tertiary/aromatic N) is 3. The fourth-order valence-electron chi connectivity index (χ4n) is 4.15. The highest BCUT2D eigenvalue weighted by molar-refractivity contribution is 5.91. The SMILES string of the molecule is Cc1cnc(N[C@H]2CC[C@@H](NC(=O)C3(C)C=CC=CC3C(=O)O)CC2)nc1N(C)C. The van der Waals surface area contributed by atoms with Gasteiger partial charge in [0.2, 0.25) is 11.9 Å². The summed E-state index contributed by atoms with van der Waals surface area (Å²) in [5.41, 5.74) is -0.0506. The number of carbonyl (C=O) groups is 2. The minimum atomic E-state index is -1.08. The van der Waals surface area contributed by atoms with Crippen molar-refractivity contribution >= 4 is 23.6 Å². The zero-order valence-electron chi connectivity index (χ0n) is 18.1. The van der Waals surface area contributed by atoms with Crippen LogP contribution >= 0.6 is 0 Å². The summed E-state index contributed by atoms with van der Waals surface area (Å²) in [6.07, 6.45) is 11.9. The largest absolute Gasteiger partial charge is 0.481 e. The van der Waals surface area contributed by atoms with Crippen LogP contribution in [0.3, 0.4) is 0 Å². The monoisotopic (exact) mass is 413 g/mol. The van der Waals surface area contributed by atoms with Crippen molar-refractivity contribution in [3.8, 4) is 0 Å². The maximum absolute atomic E-state index is 12.9. The van der Waals surface area contributed by atoms with E-state index in [1.165, 1.54) is 0 Å². The highest BCUT2D eigenvalue weighted by Crippen LogP contribution is 2.34. The van der Waals surface area contributed by atoms with Crippen molar-refractivity contribution in [1.82, 2.24) is 15.3 Å². The fraction of sp³-hybridized carbons (Fsp3) is 0.545. The molecule has 30 heavy (non-hydrogen) atoms. The quantitative estimate of drug-likeness (QED) is 0.658. The molecule has 0 saturated heterocycles.